The van der Waals surface area contributed by atoms with E-state index >= 15 is 0 Å². The van der Waals surface area contributed by atoms with Gasteiger partial charge in [-0.3, -0.25) is 0 Å². The molecule has 0 aliphatic heterocycles. The maximum absolute atomic E-state index is 2.38. The van der Waals surface area contributed by atoms with Gasteiger partial charge < -0.3 is 0 Å². The quantitative estimate of drug-likeness (QED) is 0.153. The standard InChI is InChI=1S/C54H36/c1-4-14-37(15-5-1)40-24-26-41(27-25-40)43-30-28-42-29-31-44(33-45(42)32-43)53-49-20-10-12-22-51(49)54(52-23-13-11-21-50(52)53)48-35-46(38-16-6-2-7-17-38)34-47(36-48)39-18-8-3-9-19-39/h1-36H. The second-order valence-corrected chi connectivity index (χ2v) is 14.1. The Morgan fingerprint density at radius 3 is 0.963 bits per heavy atom. The minimum atomic E-state index is 1.21. The monoisotopic (exact) mass is 684 g/mol. The molecule has 0 bridgehead atoms. The number of hydrogen-bond donors (Lipinski definition) is 0. The molecule has 0 spiro atoms. The van der Waals surface area contributed by atoms with Gasteiger partial charge in [-0.05, 0) is 129 Å². The van der Waals surface area contributed by atoms with Crippen LogP contribution in [0.25, 0.3) is 99.1 Å². The SMILES string of the molecule is c1ccc(-c2ccc(-c3ccc4ccc(-c5c6ccccc6c(-c6cc(-c7ccccc7)cc(-c7ccccc7)c6)c6ccccc56)cc4c3)cc2)cc1. The normalized spacial score (nSPS) is 11.3. The molecule has 0 radical (unpaired) electrons. The molecular weight excluding hydrogens is 649 g/mol. The molecule has 0 nitrogen and oxygen atoms in total. The van der Waals surface area contributed by atoms with Gasteiger partial charge in [0.05, 0.1) is 0 Å². The summed E-state index contributed by atoms with van der Waals surface area (Å²) in [6.45, 7) is 0. The molecule has 0 aromatic heterocycles. The van der Waals surface area contributed by atoms with E-state index in [1.807, 2.05) is 0 Å². The Morgan fingerprint density at radius 1 is 0.167 bits per heavy atom. The Labute approximate surface area is 316 Å². The van der Waals surface area contributed by atoms with E-state index in [1.165, 1.54) is 99.1 Å². The van der Waals surface area contributed by atoms with Crippen molar-refractivity contribution in [2.75, 3.05) is 0 Å². The van der Waals surface area contributed by atoms with Gasteiger partial charge in [0.1, 0.15) is 0 Å². The Bertz CT molecular complexity index is 2830. The van der Waals surface area contributed by atoms with Gasteiger partial charge in [0.25, 0.3) is 0 Å². The molecule has 10 aromatic rings. The Morgan fingerprint density at radius 2 is 0.481 bits per heavy atom. The van der Waals surface area contributed by atoms with Crippen molar-refractivity contribution < 1.29 is 0 Å². The van der Waals surface area contributed by atoms with Gasteiger partial charge in [0.15, 0.2) is 0 Å². The first kappa shape index (κ1) is 31.7. The van der Waals surface area contributed by atoms with Crippen LogP contribution in [0.3, 0.4) is 0 Å². The van der Waals surface area contributed by atoms with Crippen LogP contribution in [0.5, 0.6) is 0 Å². The van der Waals surface area contributed by atoms with Crippen LogP contribution in [0.1, 0.15) is 0 Å². The van der Waals surface area contributed by atoms with Gasteiger partial charge in [-0.1, -0.05) is 188 Å². The fourth-order valence-corrected chi connectivity index (χ4v) is 8.18. The lowest BCUT2D eigenvalue weighted by Gasteiger charge is -2.19. The van der Waals surface area contributed by atoms with Crippen LogP contribution in [-0.4, -0.2) is 0 Å². The lowest BCUT2D eigenvalue weighted by atomic mass is 9.84. The molecule has 0 amide bonds. The van der Waals surface area contributed by atoms with E-state index in [2.05, 4.69) is 218 Å². The van der Waals surface area contributed by atoms with E-state index in [0.29, 0.717) is 0 Å². The summed E-state index contributed by atoms with van der Waals surface area (Å²) in [6, 6.07) is 79.8. The minimum absolute atomic E-state index is 1.21. The first-order valence-electron chi connectivity index (χ1n) is 18.7. The van der Waals surface area contributed by atoms with Crippen LogP contribution in [-0.2, 0) is 0 Å². The third-order valence-electron chi connectivity index (χ3n) is 10.8. The van der Waals surface area contributed by atoms with Gasteiger partial charge >= 0.3 is 0 Å². The van der Waals surface area contributed by atoms with Crippen LogP contribution in [0.15, 0.2) is 218 Å². The van der Waals surface area contributed by atoms with E-state index in [4.69, 9.17) is 0 Å². The van der Waals surface area contributed by atoms with Crippen molar-refractivity contribution in [3.05, 3.63) is 218 Å². The number of benzene rings is 10. The Kier molecular flexibility index (Phi) is 7.93. The zero-order valence-corrected chi connectivity index (χ0v) is 29.8. The molecule has 10 rings (SSSR count). The fraction of sp³-hybridized carbons (Fsp3) is 0. The predicted molar refractivity (Wildman–Crippen MR) is 232 cm³/mol. The lowest BCUT2D eigenvalue weighted by molar-refractivity contribution is 1.58. The molecule has 0 aliphatic rings. The molecule has 0 fully saturated rings. The van der Waals surface area contributed by atoms with E-state index < -0.39 is 0 Å². The van der Waals surface area contributed by atoms with Gasteiger partial charge in [0, 0.05) is 0 Å². The van der Waals surface area contributed by atoms with Crippen LogP contribution < -0.4 is 0 Å². The molecule has 0 N–H and O–H groups in total. The maximum Gasteiger partial charge on any atom is -0.00259 e. The van der Waals surface area contributed by atoms with Crippen molar-refractivity contribution >= 4 is 32.3 Å². The second-order valence-electron chi connectivity index (χ2n) is 14.1. The average Bonchev–Trinajstić information content (AvgIpc) is 3.26. The summed E-state index contributed by atoms with van der Waals surface area (Å²) >= 11 is 0. The van der Waals surface area contributed by atoms with Gasteiger partial charge in [0.2, 0.25) is 0 Å². The molecule has 10 aromatic carbocycles. The van der Waals surface area contributed by atoms with Crippen molar-refractivity contribution in [3.8, 4) is 66.8 Å². The third-order valence-corrected chi connectivity index (χ3v) is 10.8. The summed E-state index contributed by atoms with van der Waals surface area (Å²) < 4.78 is 0. The Hall–Kier alpha value is -7.02. The summed E-state index contributed by atoms with van der Waals surface area (Å²) in [4.78, 5) is 0. The first-order valence-corrected chi connectivity index (χ1v) is 18.7. The molecule has 0 heteroatoms. The van der Waals surface area contributed by atoms with Crippen LogP contribution in [0, 0.1) is 0 Å². The number of fused-ring (bicyclic) bond motifs is 3. The topological polar surface area (TPSA) is 0 Å². The molecule has 252 valence electrons. The molecule has 0 heterocycles. The summed E-state index contributed by atoms with van der Waals surface area (Å²) in [5.41, 5.74) is 14.7. The highest BCUT2D eigenvalue weighted by atomic mass is 14.2. The lowest BCUT2D eigenvalue weighted by Crippen LogP contribution is -1.92. The average molecular weight is 685 g/mol. The van der Waals surface area contributed by atoms with Gasteiger partial charge in [-0.15, -0.1) is 0 Å². The highest BCUT2D eigenvalue weighted by Gasteiger charge is 2.18. The highest BCUT2D eigenvalue weighted by Crippen LogP contribution is 2.46. The molecule has 0 saturated heterocycles. The van der Waals surface area contributed by atoms with E-state index in [9.17, 15) is 0 Å². The predicted octanol–water partition coefficient (Wildman–Crippen LogP) is 15.1. The number of hydrogen-bond acceptors (Lipinski definition) is 0. The zero-order valence-electron chi connectivity index (χ0n) is 29.8. The fourth-order valence-electron chi connectivity index (χ4n) is 8.18. The summed E-state index contributed by atoms with van der Waals surface area (Å²) in [5.74, 6) is 0. The zero-order chi connectivity index (χ0) is 35.8. The summed E-state index contributed by atoms with van der Waals surface area (Å²) in [6.07, 6.45) is 0. The van der Waals surface area contributed by atoms with Crippen molar-refractivity contribution in [2.24, 2.45) is 0 Å². The second kappa shape index (κ2) is 13.5. The van der Waals surface area contributed by atoms with E-state index in [-0.39, 0.29) is 0 Å². The van der Waals surface area contributed by atoms with Crippen molar-refractivity contribution in [1.29, 1.82) is 0 Å². The summed E-state index contributed by atoms with van der Waals surface area (Å²) in [5, 5.41) is 7.48. The maximum atomic E-state index is 2.38. The van der Waals surface area contributed by atoms with Crippen LogP contribution in [0.4, 0.5) is 0 Å². The van der Waals surface area contributed by atoms with E-state index in [1.54, 1.807) is 0 Å². The van der Waals surface area contributed by atoms with Crippen LogP contribution >= 0.6 is 0 Å². The van der Waals surface area contributed by atoms with Crippen molar-refractivity contribution in [2.45, 2.75) is 0 Å². The van der Waals surface area contributed by atoms with Gasteiger partial charge in [-0.2, -0.15) is 0 Å². The highest BCUT2D eigenvalue weighted by molar-refractivity contribution is 6.22. The third kappa shape index (κ3) is 5.75. The Balaban J connectivity index is 1.15. The van der Waals surface area contributed by atoms with Crippen molar-refractivity contribution in [1.82, 2.24) is 0 Å². The summed E-state index contributed by atoms with van der Waals surface area (Å²) in [7, 11) is 0. The molecule has 0 atom stereocenters. The molecule has 0 unspecified atom stereocenters. The number of rotatable bonds is 6. The molecular formula is C54H36. The van der Waals surface area contributed by atoms with Gasteiger partial charge in [-0.25, -0.2) is 0 Å². The first-order chi connectivity index (χ1) is 26.8. The molecule has 0 aliphatic carbocycles. The van der Waals surface area contributed by atoms with Crippen molar-refractivity contribution in [3.63, 3.8) is 0 Å². The molecule has 0 saturated carbocycles. The smallest absolute Gasteiger partial charge is 0.00259 e. The molecule has 54 heavy (non-hydrogen) atoms. The van der Waals surface area contributed by atoms with E-state index in [0.717, 1.165) is 0 Å². The largest absolute Gasteiger partial charge is 0.0622 e. The van der Waals surface area contributed by atoms with Crippen LogP contribution in [0.2, 0.25) is 0 Å². The minimum Gasteiger partial charge on any atom is -0.0622 e.